The van der Waals surface area contributed by atoms with Crippen LogP contribution in [0, 0.1) is 12.8 Å². The predicted molar refractivity (Wildman–Crippen MR) is 80.2 cm³/mol. The standard InChI is InChI=1S/C15H25NOS/c1-5-12(2)15(16-4)11-18(17)10-14-9-7-6-8-13(14)3/h6-9,12,15-16H,5,10-11H2,1-4H3. The van der Waals surface area contributed by atoms with Crippen molar-refractivity contribution in [2.45, 2.75) is 39.0 Å². The molecule has 0 radical (unpaired) electrons. The van der Waals surface area contributed by atoms with Crippen LogP contribution in [0.3, 0.4) is 0 Å². The maximum absolute atomic E-state index is 12.2. The van der Waals surface area contributed by atoms with E-state index in [1.807, 2.05) is 19.2 Å². The Morgan fingerprint density at radius 3 is 2.56 bits per heavy atom. The molecule has 0 fully saturated rings. The Hall–Kier alpha value is -0.670. The molecule has 0 aliphatic heterocycles. The first-order valence-electron chi connectivity index (χ1n) is 6.65. The molecule has 1 N–H and O–H groups in total. The lowest BCUT2D eigenvalue weighted by Gasteiger charge is -2.22. The number of hydrogen-bond acceptors (Lipinski definition) is 2. The van der Waals surface area contributed by atoms with Crippen molar-refractivity contribution in [1.29, 1.82) is 0 Å². The predicted octanol–water partition coefficient (Wildman–Crippen LogP) is 2.88. The quantitative estimate of drug-likeness (QED) is 0.823. The summed E-state index contributed by atoms with van der Waals surface area (Å²) in [5.41, 5.74) is 2.44. The lowest BCUT2D eigenvalue weighted by atomic mass is 10.0. The number of hydrogen-bond donors (Lipinski definition) is 1. The molecule has 0 aliphatic carbocycles. The van der Waals surface area contributed by atoms with E-state index in [4.69, 9.17) is 0 Å². The van der Waals surface area contributed by atoms with Crippen molar-refractivity contribution in [2.24, 2.45) is 5.92 Å². The van der Waals surface area contributed by atoms with E-state index in [9.17, 15) is 4.21 Å². The molecule has 0 saturated heterocycles. The maximum Gasteiger partial charge on any atom is 0.0488 e. The van der Waals surface area contributed by atoms with Gasteiger partial charge >= 0.3 is 0 Å². The second kappa shape index (κ2) is 7.70. The van der Waals surface area contributed by atoms with E-state index in [2.05, 4.69) is 38.2 Å². The fraction of sp³-hybridized carbons (Fsp3) is 0.600. The Morgan fingerprint density at radius 2 is 2.00 bits per heavy atom. The van der Waals surface area contributed by atoms with Gasteiger partial charge in [0.1, 0.15) is 0 Å². The minimum Gasteiger partial charge on any atom is -0.316 e. The molecule has 1 rings (SSSR count). The van der Waals surface area contributed by atoms with Crippen molar-refractivity contribution in [3.05, 3.63) is 35.4 Å². The van der Waals surface area contributed by atoms with E-state index in [1.165, 1.54) is 11.1 Å². The second-order valence-electron chi connectivity index (χ2n) is 4.96. The molecule has 0 heterocycles. The number of rotatable bonds is 7. The van der Waals surface area contributed by atoms with Crippen LogP contribution in [-0.4, -0.2) is 23.1 Å². The molecule has 0 saturated carbocycles. The molecule has 18 heavy (non-hydrogen) atoms. The summed E-state index contributed by atoms with van der Waals surface area (Å²) >= 11 is 0. The maximum atomic E-state index is 12.2. The van der Waals surface area contributed by atoms with Gasteiger partial charge in [0.25, 0.3) is 0 Å². The molecule has 2 nitrogen and oxygen atoms in total. The largest absolute Gasteiger partial charge is 0.316 e. The van der Waals surface area contributed by atoms with E-state index in [0.29, 0.717) is 17.7 Å². The number of nitrogens with one attached hydrogen (secondary N) is 1. The van der Waals surface area contributed by atoms with Crippen LogP contribution < -0.4 is 5.32 Å². The zero-order chi connectivity index (χ0) is 13.5. The molecule has 1 aromatic rings. The third-order valence-electron chi connectivity index (χ3n) is 3.64. The van der Waals surface area contributed by atoms with Gasteiger partial charge in [-0.2, -0.15) is 0 Å². The van der Waals surface area contributed by atoms with E-state index in [-0.39, 0.29) is 0 Å². The van der Waals surface area contributed by atoms with Crippen LogP contribution >= 0.6 is 0 Å². The van der Waals surface area contributed by atoms with Crippen LogP contribution in [0.1, 0.15) is 31.4 Å². The van der Waals surface area contributed by atoms with E-state index < -0.39 is 10.8 Å². The van der Waals surface area contributed by atoms with Gasteiger partial charge in [-0.3, -0.25) is 4.21 Å². The molecule has 3 heteroatoms. The summed E-state index contributed by atoms with van der Waals surface area (Å²) in [4.78, 5) is 0. The van der Waals surface area contributed by atoms with Crippen molar-refractivity contribution >= 4 is 10.8 Å². The van der Waals surface area contributed by atoms with Crippen LogP contribution in [-0.2, 0) is 16.6 Å². The van der Waals surface area contributed by atoms with Crippen molar-refractivity contribution in [1.82, 2.24) is 5.32 Å². The van der Waals surface area contributed by atoms with Gasteiger partial charge in [-0.05, 0) is 31.0 Å². The van der Waals surface area contributed by atoms with Gasteiger partial charge in [0.15, 0.2) is 0 Å². The molecular weight excluding hydrogens is 242 g/mol. The highest BCUT2D eigenvalue weighted by Gasteiger charge is 2.17. The molecule has 3 atom stereocenters. The zero-order valence-corrected chi connectivity index (χ0v) is 12.7. The lowest BCUT2D eigenvalue weighted by Crippen LogP contribution is -2.37. The van der Waals surface area contributed by atoms with Crippen molar-refractivity contribution in [3.8, 4) is 0 Å². The first-order chi connectivity index (χ1) is 8.58. The van der Waals surface area contributed by atoms with Gasteiger partial charge in [0.2, 0.25) is 0 Å². The molecule has 0 bridgehead atoms. The molecule has 0 aliphatic rings. The first kappa shape index (κ1) is 15.4. The number of benzene rings is 1. The van der Waals surface area contributed by atoms with Crippen molar-refractivity contribution in [3.63, 3.8) is 0 Å². The molecular formula is C15H25NOS. The number of aryl methyl sites for hydroxylation is 1. The highest BCUT2D eigenvalue weighted by atomic mass is 32.2. The van der Waals surface area contributed by atoms with Crippen LogP contribution in [0.5, 0.6) is 0 Å². The van der Waals surface area contributed by atoms with Gasteiger partial charge < -0.3 is 5.32 Å². The normalized spacial score (nSPS) is 16.2. The van der Waals surface area contributed by atoms with Gasteiger partial charge in [-0.15, -0.1) is 0 Å². The van der Waals surface area contributed by atoms with Crippen LogP contribution in [0.15, 0.2) is 24.3 Å². The van der Waals surface area contributed by atoms with Gasteiger partial charge in [-0.1, -0.05) is 44.5 Å². The molecule has 0 aromatic heterocycles. The average Bonchev–Trinajstić information content (AvgIpc) is 2.37. The zero-order valence-electron chi connectivity index (χ0n) is 11.9. The Labute approximate surface area is 114 Å². The highest BCUT2D eigenvalue weighted by molar-refractivity contribution is 7.84. The van der Waals surface area contributed by atoms with E-state index in [1.54, 1.807) is 0 Å². The molecule has 3 unspecified atom stereocenters. The van der Waals surface area contributed by atoms with E-state index in [0.717, 1.165) is 12.2 Å². The summed E-state index contributed by atoms with van der Waals surface area (Å²) in [7, 11) is 1.16. The van der Waals surface area contributed by atoms with Crippen molar-refractivity contribution in [2.75, 3.05) is 12.8 Å². The Kier molecular flexibility index (Phi) is 6.58. The average molecular weight is 267 g/mol. The van der Waals surface area contributed by atoms with E-state index >= 15 is 0 Å². The third kappa shape index (κ3) is 4.54. The van der Waals surface area contributed by atoms with Crippen LogP contribution in [0.25, 0.3) is 0 Å². The van der Waals surface area contributed by atoms with Gasteiger partial charge in [0.05, 0.1) is 0 Å². The highest BCUT2D eigenvalue weighted by Crippen LogP contribution is 2.13. The van der Waals surface area contributed by atoms with Crippen LogP contribution in [0.2, 0.25) is 0 Å². The van der Waals surface area contributed by atoms with Gasteiger partial charge in [-0.25, -0.2) is 0 Å². The summed E-state index contributed by atoms with van der Waals surface area (Å²) < 4.78 is 12.2. The lowest BCUT2D eigenvalue weighted by molar-refractivity contribution is 0.418. The topological polar surface area (TPSA) is 29.1 Å². The van der Waals surface area contributed by atoms with Crippen LogP contribution in [0.4, 0.5) is 0 Å². The summed E-state index contributed by atoms with van der Waals surface area (Å²) in [5, 5.41) is 3.29. The first-order valence-corrected chi connectivity index (χ1v) is 8.14. The third-order valence-corrected chi connectivity index (χ3v) is 5.01. The summed E-state index contributed by atoms with van der Waals surface area (Å²) in [6.45, 7) is 6.47. The second-order valence-corrected chi connectivity index (χ2v) is 6.46. The Morgan fingerprint density at radius 1 is 1.33 bits per heavy atom. The minimum absolute atomic E-state index is 0.347. The SMILES string of the molecule is CCC(C)C(CS(=O)Cc1ccccc1C)NC. The smallest absolute Gasteiger partial charge is 0.0488 e. The minimum atomic E-state index is -0.796. The fourth-order valence-electron chi connectivity index (χ4n) is 2.02. The molecule has 102 valence electrons. The Balaban J connectivity index is 2.58. The van der Waals surface area contributed by atoms with Gasteiger partial charge in [0, 0.05) is 28.3 Å². The summed E-state index contributed by atoms with van der Waals surface area (Å²) in [6.07, 6.45) is 1.12. The van der Waals surface area contributed by atoms with Crippen molar-refractivity contribution < 1.29 is 4.21 Å². The Bertz CT molecular complexity index is 392. The summed E-state index contributed by atoms with van der Waals surface area (Å²) in [5.74, 6) is 1.97. The fourth-order valence-corrected chi connectivity index (χ4v) is 3.71. The molecule has 1 aromatic carbocycles. The monoisotopic (exact) mass is 267 g/mol. The molecule has 0 amide bonds. The molecule has 0 spiro atoms. The summed E-state index contributed by atoms with van der Waals surface area (Å²) in [6, 6.07) is 8.54.